The van der Waals surface area contributed by atoms with Crippen molar-refractivity contribution in [2.75, 3.05) is 0 Å². The van der Waals surface area contributed by atoms with Crippen molar-refractivity contribution in [2.45, 2.75) is 13.1 Å². The Balaban J connectivity index is 1.35. The third kappa shape index (κ3) is 5.91. The van der Waals surface area contributed by atoms with Gasteiger partial charge in [-0.15, -0.1) is 0 Å². The van der Waals surface area contributed by atoms with Gasteiger partial charge in [0.1, 0.15) is 11.6 Å². The van der Waals surface area contributed by atoms with Crippen molar-refractivity contribution >= 4 is 55.0 Å². The van der Waals surface area contributed by atoms with Gasteiger partial charge >= 0.3 is 6.18 Å². The summed E-state index contributed by atoms with van der Waals surface area (Å²) in [4.78, 5) is 7.58. The van der Waals surface area contributed by atoms with E-state index in [-0.39, 0.29) is 0 Å². The van der Waals surface area contributed by atoms with Gasteiger partial charge in [-0.2, -0.15) is 18.4 Å². The van der Waals surface area contributed by atoms with Crippen LogP contribution in [0.3, 0.4) is 0 Å². The Morgan fingerprint density at radius 3 is 1.41 bits per heavy atom. The fraction of sp³-hybridized carbons (Fsp3) is 0.0377. The van der Waals surface area contributed by atoms with Crippen LogP contribution in [0.1, 0.15) is 16.7 Å². The van der Waals surface area contributed by atoms with Crippen LogP contribution in [0.25, 0.3) is 98.1 Å². The van der Waals surface area contributed by atoms with E-state index in [9.17, 15) is 18.4 Å². The van der Waals surface area contributed by atoms with Crippen molar-refractivity contribution in [2.24, 2.45) is 0 Å². The summed E-state index contributed by atoms with van der Waals surface area (Å²) in [5.41, 5.74) is 9.77. The molecule has 8 heteroatoms. The van der Waals surface area contributed by atoms with Gasteiger partial charge in [-0.3, -0.25) is 0 Å². The molecule has 0 N–H and O–H groups in total. The number of hydrogen-bond donors (Lipinski definition) is 0. The Labute approximate surface area is 348 Å². The largest absolute Gasteiger partial charge is 0.416 e. The summed E-state index contributed by atoms with van der Waals surface area (Å²) in [6.45, 7) is 17.4. The van der Waals surface area contributed by atoms with E-state index < -0.39 is 11.7 Å². The summed E-state index contributed by atoms with van der Waals surface area (Å²) < 4.78 is 46.2. The fourth-order valence-corrected chi connectivity index (χ4v) is 8.82. The number of nitrogens with zero attached hydrogens (tertiary/aromatic N) is 5. The maximum atomic E-state index is 14.0. The van der Waals surface area contributed by atoms with Crippen LogP contribution < -0.4 is 0 Å². The highest BCUT2D eigenvalue weighted by molar-refractivity contribution is 6.12. The molecule has 2 aromatic heterocycles. The van der Waals surface area contributed by atoms with E-state index in [0.717, 1.165) is 78.0 Å². The zero-order chi connectivity index (χ0) is 42.0. The van der Waals surface area contributed by atoms with Gasteiger partial charge < -0.3 is 9.13 Å². The number of para-hydroxylation sites is 4. The Morgan fingerprint density at radius 2 is 0.951 bits per heavy atom. The van der Waals surface area contributed by atoms with Gasteiger partial charge in [-0.1, -0.05) is 115 Å². The summed E-state index contributed by atoms with van der Waals surface area (Å²) in [5.74, 6) is 0. The van der Waals surface area contributed by atoms with Gasteiger partial charge in [0.15, 0.2) is 11.4 Å². The van der Waals surface area contributed by atoms with Crippen LogP contribution in [-0.4, -0.2) is 9.13 Å². The molecule has 10 aromatic rings. The number of hydrogen-bond acceptors (Lipinski definition) is 1. The van der Waals surface area contributed by atoms with Crippen molar-refractivity contribution in [3.05, 3.63) is 203 Å². The van der Waals surface area contributed by atoms with Crippen molar-refractivity contribution in [1.29, 1.82) is 5.26 Å². The van der Waals surface area contributed by atoms with Crippen molar-refractivity contribution in [3.63, 3.8) is 0 Å². The fourth-order valence-electron chi connectivity index (χ4n) is 8.82. The molecule has 61 heavy (non-hydrogen) atoms. The molecule has 2 heterocycles. The maximum absolute atomic E-state index is 14.0. The molecular formula is C53H30F3N5. The summed E-state index contributed by atoms with van der Waals surface area (Å²) in [7, 11) is 0. The van der Waals surface area contributed by atoms with Crippen LogP contribution in [0.4, 0.5) is 24.5 Å². The normalized spacial score (nSPS) is 11.6. The highest BCUT2D eigenvalue weighted by Crippen LogP contribution is 2.44. The van der Waals surface area contributed by atoms with E-state index in [1.54, 1.807) is 19.1 Å². The Kier molecular flexibility index (Phi) is 8.58. The monoisotopic (exact) mass is 793 g/mol. The van der Waals surface area contributed by atoms with Crippen molar-refractivity contribution in [1.82, 2.24) is 9.13 Å². The highest BCUT2D eigenvalue weighted by Gasteiger charge is 2.31. The minimum Gasteiger partial charge on any atom is -0.308 e. The number of fused-ring (bicyclic) bond motifs is 6. The van der Waals surface area contributed by atoms with Crippen LogP contribution in [-0.2, 0) is 6.18 Å². The second-order valence-electron chi connectivity index (χ2n) is 15.0. The standard InChI is InChI=1S/C53H30F3N5/c1-32-26-36(53(54,55)56)22-25-37(32)35-29-51(60-47-18-10-6-14-40(47)42-23-20-33(27-49(42)60)38-12-4-8-16-45(38)58-2)44(31-57)52(30-35)61-48-19-11-7-15-41(48)43-24-21-34(28-50(43)61)39-13-5-9-17-46(39)59-3/h4-30H,1H3. The second-order valence-corrected chi connectivity index (χ2v) is 15.0. The van der Waals surface area contributed by atoms with Gasteiger partial charge in [0.2, 0.25) is 0 Å². The summed E-state index contributed by atoms with van der Waals surface area (Å²) in [5, 5.41) is 15.2. The van der Waals surface area contributed by atoms with Gasteiger partial charge in [0, 0.05) is 21.5 Å². The average molecular weight is 794 g/mol. The molecule has 5 nitrogen and oxygen atoms in total. The predicted octanol–water partition coefficient (Wildman–Crippen LogP) is 15.2. The lowest BCUT2D eigenvalue weighted by atomic mass is 9.95. The third-order valence-electron chi connectivity index (χ3n) is 11.6. The van der Waals surface area contributed by atoms with Gasteiger partial charge in [-0.25, -0.2) is 9.69 Å². The van der Waals surface area contributed by atoms with Gasteiger partial charge in [-0.05, 0) is 94.4 Å². The quantitative estimate of drug-likeness (QED) is 0.160. The molecule has 0 spiro atoms. The first-order valence-electron chi connectivity index (χ1n) is 19.5. The first-order chi connectivity index (χ1) is 29.7. The lowest BCUT2D eigenvalue weighted by molar-refractivity contribution is -0.137. The zero-order valence-corrected chi connectivity index (χ0v) is 32.5. The SMILES string of the molecule is [C-]#[N+]c1ccccc1-c1ccc2c3ccccc3n(-c3cc(-c4ccc(C(F)(F)F)cc4C)cc(-n4c5ccccc5c5ccc(-c6ccccc6[N+]#[C-])cc54)c3C#N)c2c1. The molecule has 0 bridgehead atoms. The Morgan fingerprint density at radius 1 is 0.492 bits per heavy atom. The first kappa shape index (κ1) is 36.9. The molecule has 0 amide bonds. The molecule has 8 aromatic carbocycles. The average Bonchev–Trinajstić information content (AvgIpc) is 3.80. The third-order valence-corrected chi connectivity index (χ3v) is 11.6. The molecular weight excluding hydrogens is 764 g/mol. The number of halogens is 3. The molecule has 0 radical (unpaired) electrons. The van der Waals surface area contributed by atoms with E-state index in [1.807, 2.05) is 133 Å². The Bertz CT molecular complexity index is 3390. The van der Waals surface area contributed by atoms with Crippen LogP contribution in [0.15, 0.2) is 164 Å². The molecule has 0 atom stereocenters. The van der Waals surface area contributed by atoms with E-state index in [2.05, 4.69) is 24.9 Å². The molecule has 0 fully saturated rings. The lowest BCUT2D eigenvalue weighted by Crippen LogP contribution is -2.07. The summed E-state index contributed by atoms with van der Waals surface area (Å²) in [6, 6.07) is 53.1. The predicted molar refractivity (Wildman–Crippen MR) is 238 cm³/mol. The maximum Gasteiger partial charge on any atom is 0.416 e. The van der Waals surface area contributed by atoms with E-state index in [1.165, 1.54) is 6.07 Å². The van der Waals surface area contributed by atoms with E-state index in [4.69, 9.17) is 13.1 Å². The lowest BCUT2D eigenvalue weighted by Gasteiger charge is -2.20. The molecule has 0 saturated heterocycles. The number of alkyl halides is 3. The van der Waals surface area contributed by atoms with E-state index in [0.29, 0.717) is 45.0 Å². The first-order valence-corrected chi connectivity index (χ1v) is 19.5. The minimum atomic E-state index is -4.52. The molecule has 288 valence electrons. The molecule has 0 saturated carbocycles. The Hall–Kier alpha value is -8.38. The number of benzene rings is 8. The van der Waals surface area contributed by atoms with E-state index >= 15 is 0 Å². The van der Waals surface area contributed by atoms with Crippen LogP contribution in [0.5, 0.6) is 0 Å². The smallest absolute Gasteiger partial charge is 0.308 e. The zero-order valence-electron chi connectivity index (χ0n) is 32.5. The summed E-state index contributed by atoms with van der Waals surface area (Å²) in [6.07, 6.45) is -4.52. The highest BCUT2D eigenvalue weighted by atomic mass is 19.4. The number of aromatic nitrogens is 2. The minimum absolute atomic E-state index is 0.345. The summed E-state index contributed by atoms with van der Waals surface area (Å²) >= 11 is 0. The van der Waals surface area contributed by atoms with Crippen molar-refractivity contribution in [3.8, 4) is 50.8 Å². The van der Waals surface area contributed by atoms with Crippen molar-refractivity contribution < 1.29 is 13.2 Å². The van der Waals surface area contributed by atoms with Gasteiger partial charge in [0.25, 0.3) is 0 Å². The molecule has 0 unspecified atom stereocenters. The molecule has 0 aliphatic rings. The number of nitriles is 1. The van der Waals surface area contributed by atoms with Crippen LogP contribution in [0.2, 0.25) is 0 Å². The van der Waals surface area contributed by atoms with Gasteiger partial charge in [0.05, 0.1) is 52.1 Å². The number of aryl methyl sites for hydroxylation is 1. The molecule has 0 aliphatic heterocycles. The molecule has 0 aliphatic carbocycles. The number of rotatable bonds is 5. The van der Waals surface area contributed by atoms with Crippen LogP contribution in [0, 0.1) is 31.4 Å². The second kappa shape index (κ2) is 14.2. The topological polar surface area (TPSA) is 42.4 Å². The molecule has 10 rings (SSSR count). The van der Waals surface area contributed by atoms with Crippen LogP contribution >= 0.6 is 0 Å².